The summed E-state index contributed by atoms with van der Waals surface area (Å²) in [7, 11) is 0. The molecule has 0 fully saturated rings. The molecule has 132 valence electrons. The van der Waals surface area contributed by atoms with Crippen LogP contribution >= 0.6 is 11.6 Å². The molecule has 0 amide bonds. The first-order valence-electron chi connectivity index (χ1n) is 8.46. The van der Waals surface area contributed by atoms with E-state index in [0.717, 1.165) is 33.2 Å². The maximum Gasteiger partial charge on any atom is 0.162 e. The first-order valence-corrected chi connectivity index (χ1v) is 8.84. The summed E-state index contributed by atoms with van der Waals surface area (Å²) in [5.74, 6) is 1.39. The van der Waals surface area contributed by atoms with Crippen LogP contribution in [0.1, 0.15) is 5.56 Å². The van der Waals surface area contributed by atoms with Gasteiger partial charge in [-0.05, 0) is 42.0 Å². The van der Waals surface area contributed by atoms with Crippen LogP contribution in [-0.4, -0.2) is 19.9 Å². The Morgan fingerprint density at radius 3 is 2.04 bits per heavy atom. The molecule has 3 heterocycles. The van der Waals surface area contributed by atoms with Crippen molar-refractivity contribution >= 4 is 17.4 Å². The molecule has 0 aliphatic carbocycles. The monoisotopic (exact) mass is 373 g/mol. The van der Waals surface area contributed by atoms with E-state index in [1.54, 1.807) is 24.8 Å². The quantitative estimate of drug-likeness (QED) is 0.541. The van der Waals surface area contributed by atoms with Gasteiger partial charge in [-0.3, -0.25) is 9.97 Å². The van der Waals surface area contributed by atoms with Gasteiger partial charge in [0.25, 0.3) is 0 Å². The summed E-state index contributed by atoms with van der Waals surface area (Å²) < 4.78 is 0. The lowest BCUT2D eigenvalue weighted by Gasteiger charge is -2.11. The molecular weight excluding hydrogens is 358 g/mol. The molecule has 0 saturated heterocycles. The van der Waals surface area contributed by atoms with Crippen molar-refractivity contribution in [3.8, 4) is 22.6 Å². The zero-order valence-corrected chi connectivity index (χ0v) is 15.1. The molecule has 5 nitrogen and oxygen atoms in total. The van der Waals surface area contributed by atoms with E-state index >= 15 is 0 Å². The van der Waals surface area contributed by atoms with Crippen LogP contribution in [0.2, 0.25) is 5.02 Å². The van der Waals surface area contributed by atoms with Gasteiger partial charge < -0.3 is 5.32 Å². The maximum absolute atomic E-state index is 5.95. The smallest absolute Gasteiger partial charge is 0.162 e. The minimum absolute atomic E-state index is 0.639. The zero-order valence-electron chi connectivity index (χ0n) is 14.4. The van der Waals surface area contributed by atoms with Crippen LogP contribution in [0.4, 0.5) is 5.82 Å². The molecular formula is C21H16ClN5. The van der Waals surface area contributed by atoms with Crippen LogP contribution in [0.15, 0.2) is 79.4 Å². The van der Waals surface area contributed by atoms with E-state index in [1.165, 1.54) is 0 Å². The number of anilines is 1. The second-order valence-corrected chi connectivity index (χ2v) is 6.35. The van der Waals surface area contributed by atoms with Gasteiger partial charge in [-0.15, -0.1) is 0 Å². The molecule has 0 aliphatic heterocycles. The predicted molar refractivity (Wildman–Crippen MR) is 107 cm³/mol. The Morgan fingerprint density at radius 2 is 1.37 bits per heavy atom. The third-order valence-corrected chi connectivity index (χ3v) is 4.28. The van der Waals surface area contributed by atoms with E-state index in [2.05, 4.69) is 20.3 Å². The highest BCUT2D eigenvalue weighted by Gasteiger charge is 2.09. The van der Waals surface area contributed by atoms with Crippen LogP contribution in [0.25, 0.3) is 22.6 Å². The van der Waals surface area contributed by atoms with Crippen LogP contribution in [-0.2, 0) is 6.54 Å². The standard InChI is InChI=1S/C21H16ClN5/c22-18-3-1-15(2-4-18)14-25-20-13-19(16-5-9-23-10-6-16)26-21(27-20)17-7-11-24-12-8-17/h1-13H,14H2,(H,25,26,27). The summed E-state index contributed by atoms with van der Waals surface area (Å²) in [6.07, 6.45) is 6.98. The minimum Gasteiger partial charge on any atom is -0.366 e. The molecule has 3 aromatic heterocycles. The molecule has 0 bridgehead atoms. The highest BCUT2D eigenvalue weighted by molar-refractivity contribution is 6.30. The van der Waals surface area contributed by atoms with Crippen molar-refractivity contribution < 1.29 is 0 Å². The lowest BCUT2D eigenvalue weighted by Crippen LogP contribution is -2.04. The molecule has 1 aromatic carbocycles. The van der Waals surface area contributed by atoms with Gasteiger partial charge in [-0.1, -0.05) is 23.7 Å². The molecule has 6 heteroatoms. The van der Waals surface area contributed by atoms with Gasteiger partial charge in [-0.25, -0.2) is 9.97 Å². The molecule has 4 rings (SSSR count). The average molecular weight is 374 g/mol. The zero-order chi connectivity index (χ0) is 18.5. The van der Waals surface area contributed by atoms with E-state index < -0.39 is 0 Å². The van der Waals surface area contributed by atoms with E-state index in [1.807, 2.05) is 54.6 Å². The van der Waals surface area contributed by atoms with E-state index in [-0.39, 0.29) is 0 Å². The van der Waals surface area contributed by atoms with Crippen molar-refractivity contribution in [3.05, 3.63) is 90.0 Å². The summed E-state index contributed by atoms with van der Waals surface area (Å²) in [6, 6.07) is 17.3. The van der Waals surface area contributed by atoms with Crippen LogP contribution in [0.3, 0.4) is 0 Å². The highest BCUT2D eigenvalue weighted by Crippen LogP contribution is 2.24. The number of halogens is 1. The predicted octanol–water partition coefficient (Wildman–Crippen LogP) is 4.87. The van der Waals surface area contributed by atoms with Gasteiger partial charge in [0, 0.05) is 53.5 Å². The third kappa shape index (κ3) is 4.27. The summed E-state index contributed by atoms with van der Waals surface area (Å²) in [5.41, 5.74) is 3.85. The van der Waals surface area contributed by atoms with Gasteiger partial charge in [0.05, 0.1) is 5.69 Å². The fraction of sp³-hybridized carbons (Fsp3) is 0.0476. The highest BCUT2D eigenvalue weighted by atomic mass is 35.5. The Morgan fingerprint density at radius 1 is 0.741 bits per heavy atom. The first kappa shape index (κ1) is 17.1. The van der Waals surface area contributed by atoms with Crippen LogP contribution in [0, 0.1) is 0 Å². The van der Waals surface area contributed by atoms with Gasteiger partial charge >= 0.3 is 0 Å². The number of hydrogen-bond acceptors (Lipinski definition) is 5. The number of aromatic nitrogens is 4. The molecule has 0 saturated carbocycles. The summed E-state index contributed by atoms with van der Waals surface area (Å²) in [4.78, 5) is 17.5. The molecule has 0 aliphatic rings. The topological polar surface area (TPSA) is 63.6 Å². The number of nitrogens with one attached hydrogen (secondary N) is 1. The van der Waals surface area contributed by atoms with Crippen LogP contribution in [0.5, 0.6) is 0 Å². The largest absolute Gasteiger partial charge is 0.366 e. The lowest BCUT2D eigenvalue weighted by molar-refractivity contribution is 1.09. The minimum atomic E-state index is 0.639. The van der Waals surface area contributed by atoms with Gasteiger partial charge in [0.15, 0.2) is 5.82 Å². The number of nitrogens with zero attached hydrogens (tertiary/aromatic N) is 4. The Bertz CT molecular complexity index is 964. The average Bonchev–Trinajstić information content (AvgIpc) is 2.74. The van der Waals surface area contributed by atoms with Crippen molar-refractivity contribution in [1.82, 2.24) is 19.9 Å². The molecule has 27 heavy (non-hydrogen) atoms. The van der Waals surface area contributed by atoms with Crippen molar-refractivity contribution in [2.45, 2.75) is 6.54 Å². The summed E-state index contributed by atoms with van der Waals surface area (Å²) in [6.45, 7) is 0.639. The number of hydrogen-bond donors (Lipinski definition) is 1. The van der Waals surface area contributed by atoms with E-state index in [9.17, 15) is 0 Å². The molecule has 0 radical (unpaired) electrons. The third-order valence-electron chi connectivity index (χ3n) is 4.03. The Labute approximate surface area is 162 Å². The fourth-order valence-corrected chi connectivity index (χ4v) is 2.76. The Balaban J connectivity index is 1.68. The van der Waals surface area contributed by atoms with E-state index in [4.69, 9.17) is 16.6 Å². The lowest BCUT2D eigenvalue weighted by atomic mass is 10.1. The molecule has 0 atom stereocenters. The SMILES string of the molecule is Clc1ccc(CNc2cc(-c3ccncc3)nc(-c3ccncc3)n2)cc1. The second-order valence-electron chi connectivity index (χ2n) is 5.91. The maximum atomic E-state index is 5.95. The molecule has 0 spiro atoms. The number of pyridine rings is 2. The second kappa shape index (κ2) is 7.93. The van der Waals surface area contributed by atoms with Gasteiger partial charge in [-0.2, -0.15) is 0 Å². The Hall–Kier alpha value is -3.31. The van der Waals surface area contributed by atoms with Gasteiger partial charge in [0.2, 0.25) is 0 Å². The summed E-state index contributed by atoms with van der Waals surface area (Å²) >= 11 is 5.95. The van der Waals surface area contributed by atoms with Gasteiger partial charge in [0.1, 0.15) is 5.82 Å². The number of rotatable bonds is 5. The molecule has 1 N–H and O–H groups in total. The van der Waals surface area contributed by atoms with Crippen LogP contribution < -0.4 is 5.32 Å². The van der Waals surface area contributed by atoms with Crippen molar-refractivity contribution in [1.29, 1.82) is 0 Å². The summed E-state index contributed by atoms with van der Waals surface area (Å²) in [5, 5.41) is 4.10. The molecule has 0 unspecified atom stereocenters. The first-order chi connectivity index (χ1) is 13.3. The van der Waals surface area contributed by atoms with Crippen molar-refractivity contribution in [2.75, 3.05) is 5.32 Å². The normalized spacial score (nSPS) is 10.6. The van der Waals surface area contributed by atoms with E-state index in [0.29, 0.717) is 12.4 Å². The molecule has 4 aromatic rings. The number of benzene rings is 1. The fourth-order valence-electron chi connectivity index (χ4n) is 2.63. The van der Waals surface area contributed by atoms with Crippen molar-refractivity contribution in [2.24, 2.45) is 0 Å². The Kier molecular flexibility index (Phi) is 5.03. The van der Waals surface area contributed by atoms with Crippen molar-refractivity contribution in [3.63, 3.8) is 0 Å².